The molecule has 7 heteroatoms. The second-order valence-electron chi connectivity index (χ2n) is 6.03. The molecule has 2 aromatic carbocycles. The lowest BCUT2D eigenvalue weighted by Crippen LogP contribution is -2.16. The lowest BCUT2D eigenvalue weighted by atomic mass is 10.1. The van der Waals surface area contributed by atoms with Gasteiger partial charge in [0, 0.05) is 17.6 Å². The molecule has 0 bridgehead atoms. The quantitative estimate of drug-likeness (QED) is 0.466. The first-order valence-corrected chi connectivity index (χ1v) is 9.81. The minimum atomic E-state index is -0.579. The Kier molecular flexibility index (Phi) is 6.86. The van der Waals surface area contributed by atoms with Gasteiger partial charge in [-0.3, -0.25) is 9.48 Å². The van der Waals surface area contributed by atoms with Crippen LogP contribution in [0, 0.1) is 0 Å². The lowest BCUT2D eigenvalue weighted by Gasteiger charge is -2.04. The van der Waals surface area contributed by atoms with Crippen molar-refractivity contribution in [2.45, 2.75) is 17.9 Å². The molecule has 0 aliphatic heterocycles. The van der Waals surface area contributed by atoms with Crippen LogP contribution in [-0.4, -0.2) is 34.5 Å². The van der Waals surface area contributed by atoms with Gasteiger partial charge >= 0.3 is 5.97 Å². The molecule has 3 rings (SSSR count). The molecule has 0 radical (unpaired) electrons. The molecule has 0 unspecified atom stereocenters. The average molecular weight is 395 g/mol. The van der Waals surface area contributed by atoms with Gasteiger partial charge in [-0.1, -0.05) is 48.5 Å². The number of nitrogens with one attached hydrogen (secondary N) is 1. The van der Waals surface area contributed by atoms with Gasteiger partial charge in [0.2, 0.25) is 5.91 Å². The van der Waals surface area contributed by atoms with Crippen LogP contribution in [0.5, 0.6) is 0 Å². The number of hydrogen-bond acceptors (Lipinski definition) is 5. The Labute approximate surface area is 167 Å². The summed E-state index contributed by atoms with van der Waals surface area (Å²) < 4.78 is 6.44. The fraction of sp³-hybridized carbons (Fsp3) is 0.190. The number of carbonyl (C=O) groups excluding carboxylic acids is 2. The molecular formula is C21H21N3O3S. The third-order valence-corrected chi connectivity index (χ3v) is 5.01. The Morgan fingerprint density at radius 2 is 1.75 bits per heavy atom. The van der Waals surface area contributed by atoms with Crippen molar-refractivity contribution in [3.8, 4) is 0 Å². The van der Waals surface area contributed by atoms with Crippen molar-refractivity contribution in [3.63, 3.8) is 0 Å². The molecule has 0 fully saturated rings. The molecule has 1 heterocycles. The van der Waals surface area contributed by atoms with Crippen LogP contribution in [0.2, 0.25) is 0 Å². The summed E-state index contributed by atoms with van der Waals surface area (Å²) in [5.74, 6) is -0.550. The van der Waals surface area contributed by atoms with Crippen molar-refractivity contribution >= 4 is 29.3 Å². The third-order valence-electron chi connectivity index (χ3n) is 4.00. The highest BCUT2D eigenvalue weighted by Gasteiger charge is 2.19. The molecule has 0 spiro atoms. The summed E-state index contributed by atoms with van der Waals surface area (Å²) >= 11 is 1.43. The summed E-state index contributed by atoms with van der Waals surface area (Å²) in [4.78, 5) is 25.3. The number of nitrogens with zero attached hydrogens (tertiary/aromatic N) is 2. The van der Waals surface area contributed by atoms with E-state index in [0.717, 1.165) is 11.3 Å². The minimum absolute atomic E-state index is 0.105. The van der Waals surface area contributed by atoms with E-state index < -0.39 is 5.97 Å². The summed E-state index contributed by atoms with van der Waals surface area (Å²) in [6, 6.07) is 19.7. The summed E-state index contributed by atoms with van der Waals surface area (Å²) in [5, 5.41) is 7.06. The highest BCUT2D eigenvalue weighted by molar-refractivity contribution is 8.00. The first kappa shape index (κ1) is 19.7. The number of thioether (sulfide) groups is 1. The Balaban J connectivity index is 1.65. The zero-order valence-corrected chi connectivity index (χ0v) is 16.3. The first-order chi connectivity index (χ1) is 13.7. The van der Waals surface area contributed by atoms with Crippen molar-refractivity contribution in [1.82, 2.24) is 9.78 Å². The van der Waals surface area contributed by atoms with Gasteiger partial charge in [-0.2, -0.15) is 5.10 Å². The van der Waals surface area contributed by atoms with Gasteiger partial charge in [-0.25, -0.2) is 4.79 Å². The summed E-state index contributed by atoms with van der Waals surface area (Å²) in [7, 11) is 1.29. The van der Waals surface area contributed by atoms with E-state index in [0.29, 0.717) is 12.2 Å². The fourth-order valence-electron chi connectivity index (χ4n) is 2.62. The van der Waals surface area contributed by atoms with Crippen LogP contribution in [0.4, 0.5) is 5.69 Å². The molecule has 144 valence electrons. The van der Waals surface area contributed by atoms with E-state index in [2.05, 4.69) is 10.4 Å². The lowest BCUT2D eigenvalue weighted by molar-refractivity contribution is -0.113. The van der Waals surface area contributed by atoms with Crippen molar-refractivity contribution < 1.29 is 14.3 Å². The van der Waals surface area contributed by atoms with E-state index in [-0.39, 0.29) is 17.4 Å². The van der Waals surface area contributed by atoms with Crippen molar-refractivity contribution in [1.29, 1.82) is 0 Å². The Bertz CT molecular complexity index is 927. The second kappa shape index (κ2) is 9.75. The monoisotopic (exact) mass is 395 g/mol. The van der Waals surface area contributed by atoms with E-state index in [1.165, 1.54) is 24.4 Å². The maximum absolute atomic E-state index is 12.3. The molecule has 0 atom stereocenters. The predicted molar refractivity (Wildman–Crippen MR) is 110 cm³/mol. The second-order valence-corrected chi connectivity index (χ2v) is 7.08. The molecule has 28 heavy (non-hydrogen) atoms. The normalized spacial score (nSPS) is 10.5. The number of carbonyl (C=O) groups is 2. The van der Waals surface area contributed by atoms with Crippen LogP contribution in [0.25, 0.3) is 0 Å². The van der Waals surface area contributed by atoms with Gasteiger partial charge in [-0.15, -0.1) is 11.8 Å². The summed E-state index contributed by atoms with van der Waals surface area (Å²) in [6.07, 6.45) is 2.43. The molecule has 3 aromatic rings. The Hall–Kier alpha value is -3.06. The molecule has 1 aromatic heterocycles. The number of ether oxygens (including phenoxy) is 1. The molecule has 0 aliphatic rings. The van der Waals surface area contributed by atoms with Gasteiger partial charge in [0.1, 0.15) is 0 Å². The van der Waals surface area contributed by atoms with Crippen molar-refractivity contribution in [2.75, 3.05) is 18.2 Å². The highest BCUT2D eigenvalue weighted by atomic mass is 32.2. The zero-order valence-electron chi connectivity index (χ0n) is 15.5. The van der Waals surface area contributed by atoms with Crippen LogP contribution in [0.15, 0.2) is 71.8 Å². The maximum atomic E-state index is 12.3. The van der Waals surface area contributed by atoms with E-state index >= 15 is 0 Å². The van der Waals surface area contributed by atoms with Crippen molar-refractivity contribution in [2.24, 2.45) is 0 Å². The van der Waals surface area contributed by atoms with Gasteiger partial charge in [0.25, 0.3) is 0 Å². The van der Waals surface area contributed by atoms with E-state index in [9.17, 15) is 9.59 Å². The molecule has 0 saturated heterocycles. The SMILES string of the molecule is COC(=O)c1nn(CCc2ccccc2)cc1NC(=O)CSc1ccccc1. The Morgan fingerprint density at radius 3 is 2.43 bits per heavy atom. The van der Waals surface area contributed by atoms with Crippen LogP contribution >= 0.6 is 11.8 Å². The molecular weight excluding hydrogens is 374 g/mol. The number of benzene rings is 2. The van der Waals surface area contributed by atoms with Gasteiger partial charge in [0.15, 0.2) is 5.69 Å². The molecule has 1 amide bonds. The van der Waals surface area contributed by atoms with Crippen molar-refractivity contribution in [3.05, 3.63) is 78.1 Å². The topological polar surface area (TPSA) is 73.2 Å². The minimum Gasteiger partial charge on any atom is -0.464 e. The van der Waals surface area contributed by atoms with Gasteiger partial charge in [0.05, 0.1) is 18.6 Å². The number of amides is 1. The molecule has 0 saturated carbocycles. The number of aromatic nitrogens is 2. The molecule has 6 nitrogen and oxygen atoms in total. The third kappa shape index (κ3) is 5.47. The highest BCUT2D eigenvalue weighted by Crippen LogP contribution is 2.19. The Morgan fingerprint density at radius 1 is 1.07 bits per heavy atom. The number of esters is 1. The van der Waals surface area contributed by atoms with Crippen LogP contribution < -0.4 is 5.32 Å². The first-order valence-electron chi connectivity index (χ1n) is 8.83. The van der Waals surface area contributed by atoms with Crippen LogP contribution in [0.3, 0.4) is 0 Å². The van der Waals surface area contributed by atoms with Gasteiger partial charge in [-0.05, 0) is 24.1 Å². The zero-order chi connectivity index (χ0) is 19.8. The summed E-state index contributed by atoms with van der Waals surface area (Å²) in [6.45, 7) is 0.586. The number of aryl methyl sites for hydroxylation is 2. The number of methoxy groups -OCH3 is 1. The number of hydrogen-bond donors (Lipinski definition) is 1. The van der Waals surface area contributed by atoms with E-state index in [4.69, 9.17) is 4.74 Å². The smallest absolute Gasteiger partial charge is 0.360 e. The summed E-state index contributed by atoms with van der Waals surface area (Å²) in [5.41, 5.74) is 1.63. The standard InChI is InChI=1S/C21H21N3O3S/c1-27-21(26)20-18(22-19(25)15-28-17-10-6-3-7-11-17)14-24(23-20)13-12-16-8-4-2-5-9-16/h2-11,14H,12-13,15H2,1H3,(H,22,25). The number of anilines is 1. The van der Waals surface area contributed by atoms with E-state index in [1.54, 1.807) is 10.9 Å². The molecule has 1 N–H and O–H groups in total. The van der Waals surface area contributed by atoms with Crippen LogP contribution in [-0.2, 0) is 22.5 Å². The number of rotatable bonds is 8. The maximum Gasteiger partial charge on any atom is 0.360 e. The predicted octanol–water partition coefficient (Wildman–Crippen LogP) is 3.64. The largest absolute Gasteiger partial charge is 0.464 e. The van der Waals surface area contributed by atoms with E-state index in [1.807, 2.05) is 60.7 Å². The van der Waals surface area contributed by atoms with Gasteiger partial charge < -0.3 is 10.1 Å². The van der Waals surface area contributed by atoms with Crippen LogP contribution in [0.1, 0.15) is 16.1 Å². The fourth-order valence-corrected chi connectivity index (χ4v) is 3.33. The molecule has 0 aliphatic carbocycles. The average Bonchev–Trinajstić information content (AvgIpc) is 3.14.